The Hall–Kier alpha value is -6.73. The predicted molar refractivity (Wildman–Crippen MR) is 190 cm³/mol. The molecule has 4 aromatic carbocycles. The van der Waals surface area contributed by atoms with Crippen LogP contribution in [-0.4, -0.2) is 29.3 Å². The maximum Gasteiger partial charge on any atom is 0.229 e. The zero-order valence-corrected chi connectivity index (χ0v) is 25.4. The molecular formula is C41H24N6O. The zero-order chi connectivity index (χ0) is 31.6. The lowest BCUT2D eigenvalue weighted by Gasteiger charge is -2.11. The molecule has 0 aliphatic carbocycles. The maximum atomic E-state index is 5.98. The van der Waals surface area contributed by atoms with Crippen LogP contribution in [-0.2, 0) is 0 Å². The second-order valence-electron chi connectivity index (χ2n) is 11.8. The van der Waals surface area contributed by atoms with Gasteiger partial charge in [0.25, 0.3) is 0 Å². The van der Waals surface area contributed by atoms with E-state index in [-0.39, 0.29) is 0 Å². The van der Waals surface area contributed by atoms with Crippen molar-refractivity contribution >= 4 is 49.8 Å². The molecule has 0 bridgehead atoms. The highest BCUT2D eigenvalue weighted by molar-refractivity contribution is 6.10. The fourth-order valence-electron chi connectivity index (χ4n) is 6.56. The van der Waals surface area contributed by atoms with Gasteiger partial charge in [-0.1, -0.05) is 103 Å². The molecule has 0 spiro atoms. The van der Waals surface area contributed by atoms with Crippen LogP contribution in [0.3, 0.4) is 0 Å². The van der Waals surface area contributed by atoms with E-state index < -0.39 is 0 Å². The molecule has 6 aromatic heterocycles. The molecule has 7 nitrogen and oxygen atoms in total. The minimum atomic E-state index is 0.545. The van der Waals surface area contributed by atoms with Gasteiger partial charge in [0, 0.05) is 39.9 Å². The Morgan fingerprint density at radius 1 is 0.479 bits per heavy atom. The van der Waals surface area contributed by atoms with Crippen molar-refractivity contribution in [3.8, 4) is 44.9 Å². The van der Waals surface area contributed by atoms with Crippen molar-refractivity contribution in [2.45, 2.75) is 0 Å². The number of hydrogen-bond acceptors (Lipinski definition) is 6. The molecule has 0 radical (unpaired) electrons. The van der Waals surface area contributed by atoms with Crippen molar-refractivity contribution in [1.29, 1.82) is 0 Å². The molecule has 6 heterocycles. The average molecular weight is 617 g/mol. The number of fused-ring (bicyclic) bond motifs is 8. The van der Waals surface area contributed by atoms with Crippen molar-refractivity contribution in [1.82, 2.24) is 29.3 Å². The van der Waals surface area contributed by atoms with Gasteiger partial charge in [-0.05, 0) is 41.0 Å². The Morgan fingerprint density at radius 2 is 1.19 bits per heavy atom. The largest absolute Gasteiger partial charge is 0.434 e. The molecular weight excluding hydrogens is 592 g/mol. The third-order valence-corrected chi connectivity index (χ3v) is 8.95. The number of nitrogens with zero attached hydrogens (tertiary/aromatic N) is 6. The van der Waals surface area contributed by atoms with E-state index >= 15 is 0 Å². The van der Waals surface area contributed by atoms with E-state index in [1.54, 1.807) is 6.20 Å². The maximum absolute atomic E-state index is 5.98. The molecule has 7 heteroatoms. The number of furan rings is 1. The quantitative estimate of drug-likeness (QED) is 0.196. The minimum absolute atomic E-state index is 0.545. The summed E-state index contributed by atoms with van der Waals surface area (Å²) in [5, 5.41) is 3.01. The lowest BCUT2D eigenvalue weighted by atomic mass is 9.96. The summed E-state index contributed by atoms with van der Waals surface area (Å²) in [5.41, 5.74) is 11.8. The number of aromatic nitrogens is 6. The van der Waals surface area contributed by atoms with Gasteiger partial charge in [0.15, 0.2) is 17.1 Å². The molecule has 0 aliphatic heterocycles. The van der Waals surface area contributed by atoms with Crippen LogP contribution in [0.2, 0.25) is 0 Å². The third kappa shape index (κ3) is 4.18. The van der Waals surface area contributed by atoms with Crippen molar-refractivity contribution in [3.63, 3.8) is 0 Å². The van der Waals surface area contributed by atoms with Crippen LogP contribution in [0.15, 0.2) is 150 Å². The minimum Gasteiger partial charge on any atom is -0.434 e. The summed E-state index contributed by atoms with van der Waals surface area (Å²) in [4.78, 5) is 24.2. The van der Waals surface area contributed by atoms with E-state index in [9.17, 15) is 0 Å². The first-order valence-electron chi connectivity index (χ1n) is 15.7. The molecule has 0 unspecified atom stereocenters. The van der Waals surface area contributed by atoms with E-state index in [0.29, 0.717) is 17.1 Å². The molecule has 0 fully saturated rings. The van der Waals surface area contributed by atoms with Crippen molar-refractivity contribution in [2.24, 2.45) is 0 Å². The number of imidazole rings is 1. The number of hydrogen-bond donors (Lipinski definition) is 0. The summed E-state index contributed by atoms with van der Waals surface area (Å²) in [7, 11) is 0. The number of rotatable bonds is 4. The summed E-state index contributed by atoms with van der Waals surface area (Å²) in [6.07, 6.45) is 5.59. The van der Waals surface area contributed by atoms with Crippen LogP contribution in [0.4, 0.5) is 0 Å². The van der Waals surface area contributed by atoms with Crippen LogP contribution in [0, 0.1) is 0 Å². The molecule has 10 aromatic rings. The fourth-order valence-corrected chi connectivity index (χ4v) is 6.56. The summed E-state index contributed by atoms with van der Waals surface area (Å²) in [6, 6.07) is 43.6. The predicted octanol–water partition coefficient (Wildman–Crippen LogP) is 9.79. The van der Waals surface area contributed by atoms with E-state index in [0.717, 1.165) is 77.6 Å². The Labute approximate surface area is 273 Å². The van der Waals surface area contributed by atoms with Crippen LogP contribution in [0.1, 0.15) is 0 Å². The topological polar surface area (TPSA) is 82.0 Å². The Bertz CT molecular complexity index is 2820. The molecule has 224 valence electrons. The first kappa shape index (κ1) is 26.5. The van der Waals surface area contributed by atoms with E-state index in [4.69, 9.17) is 19.4 Å². The molecule has 0 saturated heterocycles. The summed E-state index contributed by atoms with van der Waals surface area (Å²) in [6.45, 7) is 0. The first-order chi connectivity index (χ1) is 23.8. The van der Waals surface area contributed by atoms with Crippen LogP contribution < -0.4 is 0 Å². The Kier molecular flexibility index (Phi) is 5.74. The van der Waals surface area contributed by atoms with E-state index in [1.807, 2.05) is 67.0 Å². The molecule has 48 heavy (non-hydrogen) atoms. The van der Waals surface area contributed by atoms with E-state index in [1.165, 1.54) is 0 Å². The Balaban J connectivity index is 1.06. The molecule has 0 aliphatic rings. The SMILES string of the molecule is c1ccc(-c2ncc3oc4ncc(-c5ccc(-c6ccc7c(c6)c(-c6ccccc6)nc6c7nc7ccccn76)cc5)cc4c3n2)cc1. The second kappa shape index (κ2) is 10.4. The number of pyridine rings is 3. The molecule has 10 rings (SSSR count). The van der Waals surface area contributed by atoms with Crippen molar-refractivity contribution in [3.05, 3.63) is 146 Å². The molecule has 0 saturated carbocycles. The van der Waals surface area contributed by atoms with E-state index in [2.05, 4.69) is 87.2 Å². The average Bonchev–Trinajstić information content (AvgIpc) is 3.73. The molecule has 0 atom stereocenters. The van der Waals surface area contributed by atoms with Gasteiger partial charge >= 0.3 is 0 Å². The van der Waals surface area contributed by atoms with Crippen LogP contribution in [0.25, 0.3) is 94.7 Å². The van der Waals surface area contributed by atoms with Gasteiger partial charge in [-0.15, -0.1) is 0 Å². The van der Waals surface area contributed by atoms with Crippen LogP contribution >= 0.6 is 0 Å². The van der Waals surface area contributed by atoms with Gasteiger partial charge in [0.2, 0.25) is 5.71 Å². The summed E-state index contributed by atoms with van der Waals surface area (Å²) < 4.78 is 8.04. The molecule has 0 N–H and O–H groups in total. The second-order valence-corrected chi connectivity index (χ2v) is 11.8. The van der Waals surface area contributed by atoms with Gasteiger partial charge < -0.3 is 4.42 Å². The lowest BCUT2D eigenvalue weighted by molar-refractivity contribution is 0.651. The van der Waals surface area contributed by atoms with Crippen molar-refractivity contribution in [2.75, 3.05) is 0 Å². The monoisotopic (exact) mass is 616 g/mol. The number of benzene rings is 4. The van der Waals surface area contributed by atoms with Gasteiger partial charge in [-0.2, -0.15) is 0 Å². The first-order valence-corrected chi connectivity index (χ1v) is 15.7. The third-order valence-electron chi connectivity index (χ3n) is 8.95. The summed E-state index contributed by atoms with van der Waals surface area (Å²) >= 11 is 0. The lowest BCUT2D eigenvalue weighted by Crippen LogP contribution is -1.92. The highest BCUT2D eigenvalue weighted by Gasteiger charge is 2.17. The van der Waals surface area contributed by atoms with Gasteiger partial charge in [-0.25, -0.2) is 24.9 Å². The van der Waals surface area contributed by atoms with Gasteiger partial charge in [-0.3, -0.25) is 4.40 Å². The smallest absolute Gasteiger partial charge is 0.229 e. The highest BCUT2D eigenvalue weighted by Crippen LogP contribution is 2.36. The summed E-state index contributed by atoms with van der Waals surface area (Å²) in [5.74, 6) is 0.656. The van der Waals surface area contributed by atoms with Gasteiger partial charge in [0.05, 0.1) is 17.3 Å². The zero-order valence-electron chi connectivity index (χ0n) is 25.4. The van der Waals surface area contributed by atoms with Gasteiger partial charge in [0.1, 0.15) is 16.7 Å². The fraction of sp³-hybridized carbons (Fsp3) is 0. The normalized spacial score (nSPS) is 11.8. The van der Waals surface area contributed by atoms with Crippen LogP contribution in [0.5, 0.6) is 0 Å². The Morgan fingerprint density at radius 3 is 2.00 bits per heavy atom. The standard InChI is InChI=1S/C41H24N6O/c1-3-9-27(10-4-1)36-32-21-29(18-19-31(32)38-40(46-36)47-20-8-7-13-35(47)44-38)25-14-16-26(17-15-25)30-22-33-37-34(48-41(33)43-23-30)24-42-39(45-37)28-11-5-2-6-12-28/h1-24H. The molecule has 0 amide bonds. The highest BCUT2D eigenvalue weighted by atomic mass is 16.3. The van der Waals surface area contributed by atoms with Crippen molar-refractivity contribution < 1.29 is 4.42 Å².